The maximum absolute atomic E-state index is 12.7. The molecule has 0 fully saturated rings. The molecule has 1 aliphatic heterocycles. The van der Waals surface area contributed by atoms with Gasteiger partial charge in [-0.3, -0.25) is 9.59 Å². The largest absolute Gasteiger partial charge is 0.422 e. The Morgan fingerprint density at radius 3 is 1.93 bits per heavy atom. The highest BCUT2D eigenvalue weighted by atomic mass is 16.5. The average molecular weight is 352 g/mol. The molecule has 0 aromatic heterocycles. The van der Waals surface area contributed by atoms with Crippen molar-refractivity contribution in [3.05, 3.63) is 99.9 Å². The third-order valence-electron chi connectivity index (χ3n) is 4.88. The van der Waals surface area contributed by atoms with Gasteiger partial charge in [-0.05, 0) is 22.9 Å². The fraction of sp³-hybridized carbons (Fsp3) is 0. The molecule has 0 saturated heterocycles. The van der Waals surface area contributed by atoms with Crippen molar-refractivity contribution in [2.24, 2.45) is 0 Å². The van der Waals surface area contributed by atoms with E-state index < -0.39 is 5.97 Å². The number of hydrogen-bond donors (Lipinski definition) is 0. The van der Waals surface area contributed by atoms with E-state index in [4.69, 9.17) is 4.74 Å². The molecule has 3 aromatic rings. The molecule has 5 rings (SSSR count). The number of Topliss-reactive ketones (excluding diaryl/α,β-unsaturated/α-hetero) is 2. The molecule has 0 spiro atoms. The van der Waals surface area contributed by atoms with Gasteiger partial charge in [0.25, 0.3) is 0 Å². The molecule has 4 heteroatoms. The molecule has 0 amide bonds. The summed E-state index contributed by atoms with van der Waals surface area (Å²) in [5.41, 5.74) is 2.18. The summed E-state index contributed by atoms with van der Waals surface area (Å²) >= 11 is 0. The Morgan fingerprint density at radius 2 is 1.26 bits per heavy atom. The summed E-state index contributed by atoms with van der Waals surface area (Å²) in [6.07, 6.45) is 0. The van der Waals surface area contributed by atoms with E-state index in [0.29, 0.717) is 32.9 Å². The van der Waals surface area contributed by atoms with Gasteiger partial charge in [0.2, 0.25) is 0 Å². The third-order valence-corrected chi connectivity index (χ3v) is 4.88. The minimum absolute atomic E-state index is 0.114. The van der Waals surface area contributed by atoms with Gasteiger partial charge in [0.1, 0.15) is 5.75 Å². The molecule has 0 radical (unpaired) electrons. The molecule has 27 heavy (non-hydrogen) atoms. The average Bonchev–Trinajstić information content (AvgIpc) is 3.15. The van der Waals surface area contributed by atoms with Crippen molar-refractivity contribution in [2.75, 3.05) is 0 Å². The zero-order valence-corrected chi connectivity index (χ0v) is 14.1. The maximum atomic E-state index is 12.7. The van der Waals surface area contributed by atoms with Crippen LogP contribution in [-0.4, -0.2) is 17.5 Å². The molecule has 0 N–H and O–H groups in total. The van der Waals surface area contributed by atoms with E-state index in [1.54, 1.807) is 42.5 Å². The molecule has 0 atom stereocenters. The first-order valence-electron chi connectivity index (χ1n) is 8.50. The second-order valence-corrected chi connectivity index (χ2v) is 6.42. The van der Waals surface area contributed by atoms with Gasteiger partial charge in [-0.1, -0.05) is 60.7 Å². The standard InChI is InChI=1S/C23H12O4/c24-21-15-8-4-5-9-16(15)22(25)20(21)14-10-11-17-18(12-14)27-23(26)19(17)13-6-2-1-3-7-13/h1-12H. The number of carbonyl (C=O) groups excluding carboxylic acids is 3. The van der Waals surface area contributed by atoms with E-state index in [-0.39, 0.29) is 17.1 Å². The molecular formula is C23H12O4. The second-order valence-electron chi connectivity index (χ2n) is 6.42. The predicted molar refractivity (Wildman–Crippen MR) is 98.8 cm³/mol. The van der Waals surface area contributed by atoms with Crippen LogP contribution in [0.3, 0.4) is 0 Å². The number of ether oxygens (including phenoxy) is 1. The van der Waals surface area contributed by atoms with Crippen molar-refractivity contribution in [1.29, 1.82) is 0 Å². The Kier molecular flexibility index (Phi) is 3.21. The van der Waals surface area contributed by atoms with Crippen LogP contribution in [0.5, 0.6) is 5.75 Å². The van der Waals surface area contributed by atoms with Crippen LogP contribution in [0.15, 0.2) is 72.8 Å². The molecule has 0 unspecified atom stereocenters. The van der Waals surface area contributed by atoms with Gasteiger partial charge < -0.3 is 4.74 Å². The Labute approximate surface area is 154 Å². The quantitative estimate of drug-likeness (QED) is 0.497. The van der Waals surface area contributed by atoms with Crippen molar-refractivity contribution in [1.82, 2.24) is 0 Å². The number of esters is 1. The first kappa shape index (κ1) is 15.5. The van der Waals surface area contributed by atoms with Gasteiger partial charge in [0, 0.05) is 16.3 Å². The van der Waals surface area contributed by atoms with E-state index >= 15 is 0 Å². The Balaban J connectivity index is 1.74. The number of hydrogen-bond acceptors (Lipinski definition) is 4. The van der Waals surface area contributed by atoms with E-state index in [9.17, 15) is 14.4 Å². The van der Waals surface area contributed by atoms with Gasteiger partial charge in [0.05, 0.1) is 11.1 Å². The van der Waals surface area contributed by atoms with Crippen LogP contribution in [0, 0.1) is 0 Å². The Bertz CT molecular complexity index is 1250. The third kappa shape index (κ3) is 2.20. The maximum Gasteiger partial charge on any atom is 0.344 e. The second kappa shape index (κ2) is 5.61. The summed E-state index contributed by atoms with van der Waals surface area (Å²) in [5.74, 6) is -0.676. The van der Waals surface area contributed by atoms with E-state index in [0.717, 1.165) is 5.56 Å². The summed E-state index contributed by atoms with van der Waals surface area (Å²) in [4.78, 5) is 37.7. The molecule has 0 bridgehead atoms. The van der Waals surface area contributed by atoms with Gasteiger partial charge >= 0.3 is 5.97 Å². The van der Waals surface area contributed by atoms with E-state index in [1.807, 2.05) is 30.3 Å². The van der Waals surface area contributed by atoms with Crippen LogP contribution in [0.25, 0.3) is 11.1 Å². The smallest absolute Gasteiger partial charge is 0.344 e. The van der Waals surface area contributed by atoms with E-state index in [2.05, 4.69) is 0 Å². The fourth-order valence-electron chi connectivity index (χ4n) is 3.62. The fourth-order valence-corrected chi connectivity index (χ4v) is 3.62. The van der Waals surface area contributed by atoms with Crippen LogP contribution in [-0.2, 0) is 4.79 Å². The molecule has 1 aliphatic carbocycles. The predicted octanol–water partition coefficient (Wildman–Crippen LogP) is 2.03. The lowest BCUT2D eigenvalue weighted by molar-refractivity contribution is -0.127. The van der Waals surface area contributed by atoms with E-state index in [1.165, 1.54) is 0 Å². The molecular weight excluding hydrogens is 340 g/mol. The van der Waals surface area contributed by atoms with Gasteiger partial charge in [-0.15, -0.1) is 0 Å². The Morgan fingerprint density at radius 1 is 0.630 bits per heavy atom. The lowest BCUT2D eigenvalue weighted by Gasteiger charge is -1.98. The van der Waals surface area contributed by atoms with Crippen molar-refractivity contribution in [3.63, 3.8) is 0 Å². The van der Waals surface area contributed by atoms with Crippen molar-refractivity contribution in [2.45, 2.75) is 0 Å². The van der Waals surface area contributed by atoms with Gasteiger partial charge in [-0.2, -0.15) is 0 Å². The summed E-state index contributed by atoms with van der Waals surface area (Å²) in [6.45, 7) is 0. The first-order valence-corrected chi connectivity index (χ1v) is 8.50. The number of fused-ring (bicyclic) bond motifs is 2. The minimum Gasteiger partial charge on any atom is -0.422 e. The van der Waals surface area contributed by atoms with Crippen LogP contribution >= 0.6 is 0 Å². The highest BCUT2D eigenvalue weighted by molar-refractivity contribution is 6.55. The van der Waals surface area contributed by atoms with Crippen molar-refractivity contribution >= 4 is 28.7 Å². The van der Waals surface area contributed by atoms with Crippen LogP contribution < -0.4 is 15.2 Å². The minimum atomic E-state index is -0.439. The number of rotatable bonds is 1. The molecule has 1 heterocycles. The lowest BCUT2D eigenvalue weighted by Crippen LogP contribution is -2.17. The summed E-state index contributed by atoms with van der Waals surface area (Å²) in [7, 11) is 0. The normalized spacial score (nSPS) is 15.0. The first-order chi connectivity index (χ1) is 13.1. The molecule has 128 valence electrons. The highest BCUT2D eigenvalue weighted by Crippen LogP contribution is 2.27. The molecule has 4 nitrogen and oxygen atoms in total. The number of carbonyl (C=O) groups is 3. The zero-order chi connectivity index (χ0) is 18.5. The monoisotopic (exact) mass is 352 g/mol. The van der Waals surface area contributed by atoms with Crippen molar-refractivity contribution < 1.29 is 19.1 Å². The summed E-state index contributed by atoms with van der Waals surface area (Å²) in [5, 5.41) is 1.12. The summed E-state index contributed by atoms with van der Waals surface area (Å²) in [6, 6.07) is 21.1. The zero-order valence-electron chi connectivity index (χ0n) is 14.1. The SMILES string of the molecule is O=C1Oc2cc(=C3C(=O)c4ccccc4C3=O)ccc2=C1c1ccccc1. The molecule has 0 saturated carbocycles. The molecule has 2 aliphatic rings. The van der Waals surface area contributed by atoms with Crippen LogP contribution in [0.4, 0.5) is 0 Å². The van der Waals surface area contributed by atoms with Crippen molar-refractivity contribution in [3.8, 4) is 5.75 Å². The Hall–Kier alpha value is -3.79. The van der Waals surface area contributed by atoms with Crippen LogP contribution in [0.1, 0.15) is 26.3 Å². The lowest BCUT2D eigenvalue weighted by atomic mass is 10.0. The topological polar surface area (TPSA) is 60.4 Å². The van der Waals surface area contributed by atoms with Gasteiger partial charge in [-0.25, -0.2) is 4.79 Å². The van der Waals surface area contributed by atoms with Crippen LogP contribution in [0.2, 0.25) is 0 Å². The highest BCUT2D eigenvalue weighted by Gasteiger charge is 2.33. The molecule has 3 aromatic carbocycles. The number of ketones is 2. The summed E-state index contributed by atoms with van der Waals surface area (Å²) < 4.78 is 5.41. The van der Waals surface area contributed by atoms with Gasteiger partial charge in [0.15, 0.2) is 11.6 Å². The number of benzene rings is 3.